The summed E-state index contributed by atoms with van der Waals surface area (Å²) < 4.78 is 135. The van der Waals surface area contributed by atoms with Crippen molar-refractivity contribution in [3.8, 4) is 0 Å². The molecule has 0 bridgehead atoms. The average Bonchev–Trinajstić information content (AvgIpc) is 3.34. The fraction of sp³-hybridized carbons (Fsp3) is 0.630. The molecule has 1 aromatic heterocycles. The number of esters is 1. The van der Waals surface area contributed by atoms with Crippen LogP contribution in [0, 0.1) is 12.8 Å². The Kier molecular flexibility index (Phi) is 22.7. The molecule has 4 heterocycles. The number of carbonyl (C=O) groups excluding carboxylic acids is 2. The average molecular weight is 1160 g/mol. The van der Waals surface area contributed by atoms with Crippen molar-refractivity contribution in [1.82, 2.24) is 20.3 Å². The number of aliphatic carboxylic acids is 1. The number of hydrogen-bond donors (Lipinski definition) is 7. The molecular formula is C46H70N10O17S4. The number of carboxylic acid groups (broad SMARTS) is 1. The highest BCUT2D eigenvalue weighted by molar-refractivity contribution is 7.86. The molecule has 0 atom stereocenters. The Bertz CT molecular complexity index is 2950. The summed E-state index contributed by atoms with van der Waals surface area (Å²) in [6, 6.07) is 2.46. The van der Waals surface area contributed by atoms with E-state index in [9.17, 15) is 66.8 Å². The number of hydrogen-bond acceptors (Lipinski definition) is 21. The van der Waals surface area contributed by atoms with Gasteiger partial charge in [0.1, 0.15) is 0 Å². The van der Waals surface area contributed by atoms with Gasteiger partial charge in [0.05, 0.1) is 41.1 Å². The molecule has 27 nitrogen and oxygen atoms in total. The van der Waals surface area contributed by atoms with Crippen molar-refractivity contribution in [2.75, 3.05) is 102 Å². The van der Waals surface area contributed by atoms with Crippen LogP contribution in [-0.2, 0) is 50.0 Å². The van der Waals surface area contributed by atoms with E-state index in [4.69, 9.17) is 30.0 Å². The maximum atomic E-state index is 14.4. The summed E-state index contributed by atoms with van der Waals surface area (Å²) in [5.74, 6) is -4.03. The number of rotatable bonds is 27. The fourth-order valence-electron chi connectivity index (χ4n) is 8.89. The van der Waals surface area contributed by atoms with Crippen LogP contribution >= 0.6 is 0 Å². The number of aliphatic imine (C=N–C) groups is 1. The molecule has 5 rings (SSSR count). The predicted molar refractivity (Wildman–Crippen MR) is 287 cm³/mol. The topological polar surface area (TPSA) is 400 Å². The molecule has 0 radical (unpaired) electrons. The summed E-state index contributed by atoms with van der Waals surface area (Å²) in [5, 5.41) is 12.6. The Balaban J connectivity index is 1.44. The zero-order chi connectivity index (χ0) is 56.7. The lowest BCUT2D eigenvalue weighted by molar-refractivity contribution is -0.142. The van der Waals surface area contributed by atoms with Crippen molar-refractivity contribution < 1.29 is 76.1 Å². The molecule has 3 aliphatic rings. The van der Waals surface area contributed by atoms with Crippen molar-refractivity contribution in [2.45, 2.75) is 96.6 Å². The monoisotopic (exact) mass is 1160 g/mol. The van der Waals surface area contributed by atoms with E-state index < -0.39 is 99.9 Å². The third kappa shape index (κ3) is 21.4. The summed E-state index contributed by atoms with van der Waals surface area (Å²) >= 11 is 0. The quantitative estimate of drug-likeness (QED) is 0.0221. The zero-order valence-corrected chi connectivity index (χ0v) is 46.3. The molecular weight excluding hydrogens is 1090 g/mol. The number of carboxylic acids is 1. The van der Waals surface area contributed by atoms with Crippen LogP contribution in [0.25, 0.3) is 0 Å². The Morgan fingerprint density at radius 1 is 0.740 bits per heavy atom. The maximum absolute atomic E-state index is 14.4. The zero-order valence-electron chi connectivity index (χ0n) is 43.0. The van der Waals surface area contributed by atoms with Gasteiger partial charge < -0.3 is 40.5 Å². The van der Waals surface area contributed by atoms with Gasteiger partial charge >= 0.3 is 11.9 Å². The van der Waals surface area contributed by atoms with Gasteiger partial charge in [0, 0.05) is 87.1 Å². The minimum absolute atomic E-state index is 0.0149. The van der Waals surface area contributed by atoms with Crippen LogP contribution in [0.1, 0.15) is 104 Å². The highest BCUT2D eigenvalue weighted by Gasteiger charge is 2.31. The second-order valence-corrected chi connectivity index (χ2v) is 25.5. The van der Waals surface area contributed by atoms with Crippen LogP contribution in [0.4, 0.5) is 23.5 Å². The number of aromatic nitrogens is 3. The van der Waals surface area contributed by atoms with Crippen LogP contribution in [0.5, 0.6) is 0 Å². The van der Waals surface area contributed by atoms with Gasteiger partial charge in [-0.05, 0) is 114 Å². The molecule has 1 aromatic carbocycles. The van der Waals surface area contributed by atoms with E-state index in [1.54, 1.807) is 24.8 Å². The van der Waals surface area contributed by atoms with E-state index in [1.807, 2.05) is 9.80 Å². The Morgan fingerprint density at radius 3 is 1.77 bits per heavy atom. The van der Waals surface area contributed by atoms with Crippen LogP contribution < -0.4 is 30.7 Å². The molecule has 77 heavy (non-hydrogen) atoms. The number of anilines is 4. The van der Waals surface area contributed by atoms with Gasteiger partial charge in [-0.25, -0.2) is 4.79 Å². The normalized spacial score (nSPS) is 17.3. The molecule has 0 aliphatic carbocycles. The summed E-state index contributed by atoms with van der Waals surface area (Å²) in [5.41, 5.74) is 7.23. The molecule has 31 heteroatoms. The van der Waals surface area contributed by atoms with E-state index in [0.717, 1.165) is 12.8 Å². The molecule has 1 amide bonds. The number of nitrogens with one attached hydrogen (secondary N) is 1. The largest absolute Gasteiger partial charge is 0.481 e. The van der Waals surface area contributed by atoms with Gasteiger partial charge in [-0.3, -0.25) is 32.8 Å². The molecule has 3 fully saturated rings. The van der Waals surface area contributed by atoms with Gasteiger partial charge in [-0.15, -0.1) is 0 Å². The number of benzene rings is 1. The highest BCUT2D eigenvalue weighted by atomic mass is 32.2. The Hall–Kier alpha value is -5.41. The number of allylic oxidation sites excluding steroid dienone is 4. The first-order valence-electron chi connectivity index (χ1n) is 25.1. The van der Waals surface area contributed by atoms with Crippen LogP contribution in [0.3, 0.4) is 0 Å². The minimum Gasteiger partial charge on any atom is -0.481 e. The van der Waals surface area contributed by atoms with E-state index in [-0.39, 0.29) is 73.6 Å². The summed E-state index contributed by atoms with van der Waals surface area (Å²) in [6.45, 7) is 5.59. The van der Waals surface area contributed by atoms with Gasteiger partial charge in [0.25, 0.3) is 46.4 Å². The lowest BCUT2D eigenvalue weighted by Gasteiger charge is -2.35. The first-order valence-corrected chi connectivity index (χ1v) is 31.6. The number of carbonyl (C=O) groups is 3. The Labute approximate surface area is 449 Å². The molecule has 3 saturated heterocycles. The van der Waals surface area contributed by atoms with E-state index in [0.29, 0.717) is 94.2 Å². The number of nitrogens with zero attached hydrogens (tertiary/aromatic N) is 8. The fourth-order valence-corrected chi connectivity index (χ4v) is 10.9. The second kappa shape index (κ2) is 28.0. The van der Waals surface area contributed by atoms with Crippen molar-refractivity contribution >= 4 is 87.6 Å². The van der Waals surface area contributed by atoms with Crippen LogP contribution in [0.2, 0.25) is 0 Å². The predicted octanol–water partition coefficient (Wildman–Crippen LogP) is 2.17. The molecule has 0 saturated carbocycles. The number of nitrogens with two attached hydrogens (primary N) is 1. The Morgan fingerprint density at radius 2 is 1.23 bits per heavy atom. The van der Waals surface area contributed by atoms with E-state index >= 15 is 0 Å². The van der Waals surface area contributed by atoms with E-state index in [1.165, 1.54) is 24.3 Å². The molecule has 0 spiro atoms. The lowest BCUT2D eigenvalue weighted by atomic mass is 9.97. The van der Waals surface area contributed by atoms with E-state index in [2.05, 4.69) is 15.2 Å². The maximum Gasteiger partial charge on any atom is 0.338 e. The second-order valence-electron chi connectivity index (χ2n) is 19.2. The molecule has 2 aromatic rings. The number of ether oxygens (including phenoxy) is 1. The first kappa shape index (κ1) is 62.4. The van der Waals surface area contributed by atoms with Gasteiger partial charge in [-0.2, -0.15) is 48.6 Å². The van der Waals surface area contributed by atoms with Gasteiger partial charge in [0.2, 0.25) is 17.8 Å². The van der Waals surface area contributed by atoms with Crippen LogP contribution in [-0.4, -0.2) is 190 Å². The van der Waals surface area contributed by atoms with Crippen molar-refractivity contribution in [2.24, 2.45) is 16.6 Å². The molecule has 8 N–H and O–H groups in total. The summed E-state index contributed by atoms with van der Waals surface area (Å²) in [6.07, 6.45) is 7.31. The highest BCUT2D eigenvalue weighted by Crippen LogP contribution is 2.31. The number of piperidine rings is 3. The van der Waals surface area contributed by atoms with Crippen LogP contribution in [0.15, 0.2) is 41.1 Å². The lowest BCUT2D eigenvalue weighted by Crippen LogP contribution is -2.46. The van der Waals surface area contributed by atoms with Crippen molar-refractivity contribution in [1.29, 1.82) is 0 Å². The third-order valence-electron chi connectivity index (χ3n) is 13.1. The van der Waals surface area contributed by atoms with Gasteiger partial charge in [-0.1, -0.05) is 6.08 Å². The SMILES string of the molecule is C\C(=C/C=C/C(CCCS(=O)(=O)O)=N\CCCS(=O)(=O)O)N(CCCS(=O)(=O)O)c1cc(C(=O)NC2CCN(c3nc(N4CCC(N)CC4)nc(N4CCC(C(=O)O)CC4)n3)CC2)cc(C(=O)OCCCS(=O)(=O)O)c1C. The summed E-state index contributed by atoms with van der Waals surface area (Å²) in [7, 11) is -17.4. The first-order chi connectivity index (χ1) is 36.0. The summed E-state index contributed by atoms with van der Waals surface area (Å²) in [4.78, 5) is 66.3. The standard InChI is InChI=1S/C46H70N10O17S4/c1-32(8-3-9-37(10-4-26-74(61,62)63)48-17-5-27-75(64,65)66)56(18-6-28-76(67,68)69)40-31-35(30-39(33(40)2)43(60)73-25-7-29-77(70,71)72)41(57)49-38-15-23-55(24-16-38)46-51-44(53-19-11-34(12-20-53)42(58)59)50-45(52-46)54-21-13-36(47)14-22-54/h3,8-9,30-31,34,36,38H,4-7,10-29,47H2,1-2H3,(H,49,57)(H,58,59)(H,61,62,63)(H,64,65,66)(H,67,68,69)(H,70,71,72)/b9-3+,32-8+,48-37+. The van der Waals surface area contributed by atoms with Crippen molar-refractivity contribution in [3.63, 3.8) is 0 Å². The minimum atomic E-state index is -4.46. The molecule has 430 valence electrons. The smallest absolute Gasteiger partial charge is 0.338 e. The molecule has 0 unspecified atom stereocenters. The third-order valence-corrected chi connectivity index (χ3v) is 16.4. The van der Waals surface area contributed by atoms with Gasteiger partial charge in [0.15, 0.2) is 0 Å². The van der Waals surface area contributed by atoms with Crippen molar-refractivity contribution in [3.05, 3.63) is 52.7 Å². The number of amides is 1. The molecule has 3 aliphatic heterocycles.